The molecule has 148 valence electrons. The number of hydrogen-bond acceptors (Lipinski definition) is 6. The van der Waals surface area contributed by atoms with Crippen molar-refractivity contribution in [2.75, 3.05) is 19.6 Å². The number of piperidine rings is 1. The summed E-state index contributed by atoms with van der Waals surface area (Å²) in [5.74, 6) is -1.21. The molecule has 0 aromatic carbocycles. The van der Waals surface area contributed by atoms with Gasteiger partial charge < -0.3 is 14.4 Å². The van der Waals surface area contributed by atoms with Gasteiger partial charge in [-0.25, -0.2) is 0 Å². The van der Waals surface area contributed by atoms with Gasteiger partial charge in [-0.05, 0) is 48.9 Å². The molecule has 3 heterocycles. The zero-order chi connectivity index (χ0) is 20.1. The molecule has 1 aromatic heterocycles. The first-order chi connectivity index (χ1) is 13.5. The van der Waals surface area contributed by atoms with Crippen molar-refractivity contribution in [3.05, 3.63) is 41.2 Å². The Morgan fingerprint density at radius 2 is 2.04 bits per heavy atom. The lowest BCUT2D eigenvalue weighted by atomic mass is 9.97. The van der Waals surface area contributed by atoms with Crippen molar-refractivity contribution in [3.8, 4) is 0 Å². The van der Waals surface area contributed by atoms with Gasteiger partial charge in [0.05, 0.1) is 17.1 Å². The van der Waals surface area contributed by atoms with Gasteiger partial charge in [0, 0.05) is 26.1 Å². The average molecular weight is 404 g/mol. The molecule has 0 spiro atoms. The number of nitrogens with zero attached hydrogens (tertiary/aromatic N) is 2. The van der Waals surface area contributed by atoms with Crippen LogP contribution in [0.5, 0.6) is 0 Å². The lowest BCUT2D eigenvalue weighted by Gasteiger charge is -2.30. The highest BCUT2D eigenvalue weighted by Gasteiger charge is 2.35. The van der Waals surface area contributed by atoms with E-state index >= 15 is 0 Å². The monoisotopic (exact) mass is 404 g/mol. The summed E-state index contributed by atoms with van der Waals surface area (Å²) in [5, 5.41) is 8.60. The topological polar surface area (TPSA) is 108 Å². The van der Waals surface area contributed by atoms with Crippen LogP contribution in [0.2, 0.25) is 0 Å². The molecule has 2 aliphatic rings. The minimum absolute atomic E-state index is 0.0155. The molecular weight excluding hydrogens is 384 g/mol. The van der Waals surface area contributed by atoms with E-state index < -0.39 is 23.0 Å². The first-order valence-electron chi connectivity index (χ1n) is 8.92. The van der Waals surface area contributed by atoms with Gasteiger partial charge >= 0.3 is 5.97 Å². The average Bonchev–Trinajstić information content (AvgIpc) is 3.29. The van der Waals surface area contributed by atoms with E-state index in [1.807, 2.05) is 0 Å². The summed E-state index contributed by atoms with van der Waals surface area (Å²) in [4.78, 5) is 50.7. The van der Waals surface area contributed by atoms with Crippen LogP contribution in [0, 0.1) is 5.92 Å². The Morgan fingerprint density at radius 1 is 1.29 bits per heavy atom. The number of hydrogen-bond donors (Lipinski definition) is 1. The van der Waals surface area contributed by atoms with Crippen molar-refractivity contribution >= 4 is 40.9 Å². The summed E-state index contributed by atoms with van der Waals surface area (Å²) in [7, 11) is 0. The number of rotatable bonds is 6. The maximum atomic E-state index is 12.4. The second-order valence-corrected chi connectivity index (χ2v) is 7.47. The number of thioether (sulfide) groups is 1. The summed E-state index contributed by atoms with van der Waals surface area (Å²) in [6, 6.07) is 3.51. The molecule has 0 aliphatic carbocycles. The summed E-state index contributed by atoms with van der Waals surface area (Å²) in [6.07, 6.45) is 7.28. The quantitative estimate of drug-likeness (QED) is 0.726. The summed E-state index contributed by atoms with van der Waals surface area (Å²) < 4.78 is 5.15. The van der Waals surface area contributed by atoms with E-state index in [0.29, 0.717) is 36.6 Å². The highest BCUT2D eigenvalue weighted by atomic mass is 32.2. The van der Waals surface area contributed by atoms with E-state index in [1.54, 1.807) is 35.3 Å². The van der Waals surface area contributed by atoms with Crippen molar-refractivity contribution < 1.29 is 28.7 Å². The van der Waals surface area contributed by atoms with Gasteiger partial charge in [0.25, 0.3) is 11.1 Å². The summed E-state index contributed by atoms with van der Waals surface area (Å²) in [5.41, 5.74) is 0. The van der Waals surface area contributed by atoms with Crippen LogP contribution in [-0.4, -0.2) is 57.6 Å². The number of carbonyl (C=O) groups is 4. The van der Waals surface area contributed by atoms with Crippen molar-refractivity contribution in [1.82, 2.24) is 9.80 Å². The van der Waals surface area contributed by atoms with Gasteiger partial charge in [0.15, 0.2) is 0 Å². The molecule has 2 fully saturated rings. The molecule has 3 amide bonds. The van der Waals surface area contributed by atoms with Crippen LogP contribution in [0.3, 0.4) is 0 Å². The molecule has 0 radical (unpaired) electrons. The van der Waals surface area contributed by atoms with Crippen LogP contribution in [-0.2, 0) is 14.4 Å². The number of likely N-dealkylation sites (tertiary alicyclic amines) is 1. The third-order valence-electron chi connectivity index (χ3n) is 4.67. The van der Waals surface area contributed by atoms with Crippen LogP contribution >= 0.6 is 11.8 Å². The van der Waals surface area contributed by atoms with Crippen LogP contribution < -0.4 is 0 Å². The fraction of sp³-hybridized carbons (Fsp3) is 0.368. The van der Waals surface area contributed by atoms with E-state index in [9.17, 15) is 19.2 Å². The van der Waals surface area contributed by atoms with E-state index in [0.717, 1.165) is 16.7 Å². The van der Waals surface area contributed by atoms with E-state index in [-0.39, 0.29) is 18.9 Å². The second-order valence-electron chi connectivity index (χ2n) is 6.47. The maximum absolute atomic E-state index is 12.4. The normalized spacial score (nSPS) is 19.9. The molecule has 8 nitrogen and oxygen atoms in total. The van der Waals surface area contributed by atoms with E-state index in [1.165, 1.54) is 6.26 Å². The van der Waals surface area contributed by atoms with E-state index in [2.05, 4.69) is 0 Å². The van der Waals surface area contributed by atoms with Gasteiger partial charge in [0.1, 0.15) is 5.76 Å². The largest absolute Gasteiger partial charge is 0.481 e. The van der Waals surface area contributed by atoms with Crippen LogP contribution in [0.15, 0.2) is 39.9 Å². The molecule has 1 aromatic rings. The lowest BCUT2D eigenvalue weighted by molar-refractivity contribution is -0.145. The Balaban J connectivity index is 1.50. The Labute approximate surface area is 165 Å². The molecule has 2 aliphatic heterocycles. The Hall–Kier alpha value is -2.81. The number of carboxylic acids is 1. The number of imide groups is 1. The zero-order valence-corrected chi connectivity index (χ0v) is 15.9. The number of carboxylic acid groups (broad SMARTS) is 1. The van der Waals surface area contributed by atoms with Gasteiger partial charge in [0.2, 0.25) is 5.91 Å². The molecule has 28 heavy (non-hydrogen) atoms. The van der Waals surface area contributed by atoms with Gasteiger partial charge in [-0.3, -0.25) is 24.1 Å². The Morgan fingerprint density at radius 3 is 2.68 bits per heavy atom. The molecule has 9 heteroatoms. The number of allylic oxidation sites excluding steroid dienone is 2. The second kappa shape index (κ2) is 8.92. The molecule has 1 N–H and O–H groups in total. The Bertz CT molecular complexity index is 821. The highest BCUT2D eigenvalue weighted by Crippen LogP contribution is 2.31. The fourth-order valence-corrected chi connectivity index (χ4v) is 3.88. The minimum atomic E-state index is -0.835. The fourth-order valence-electron chi connectivity index (χ4n) is 3.06. The van der Waals surface area contributed by atoms with Crippen molar-refractivity contribution in [3.63, 3.8) is 0 Å². The SMILES string of the molecule is O=C(O)C1CCN(C(=O)CCN2C(=O)SC(=CC=Cc3ccco3)C2=O)CC1. The van der Waals surface area contributed by atoms with Crippen LogP contribution in [0.1, 0.15) is 25.0 Å². The molecule has 0 bridgehead atoms. The molecule has 3 rings (SSSR count). The summed E-state index contributed by atoms with van der Waals surface area (Å²) >= 11 is 0.836. The number of carbonyl (C=O) groups excluding carboxylic acids is 3. The van der Waals surface area contributed by atoms with E-state index in [4.69, 9.17) is 9.52 Å². The number of amides is 3. The third kappa shape index (κ3) is 4.72. The summed E-state index contributed by atoms with van der Waals surface area (Å²) in [6.45, 7) is 0.784. The predicted molar refractivity (Wildman–Crippen MR) is 102 cm³/mol. The maximum Gasteiger partial charge on any atom is 0.306 e. The third-order valence-corrected chi connectivity index (χ3v) is 5.60. The smallest absolute Gasteiger partial charge is 0.306 e. The molecule has 0 saturated carbocycles. The predicted octanol–water partition coefficient (Wildman–Crippen LogP) is 2.59. The lowest BCUT2D eigenvalue weighted by Crippen LogP contribution is -2.42. The highest BCUT2D eigenvalue weighted by molar-refractivity contribution is 8.18. The molecular formula is C19H20N2O6S. The van der Waals surface area contributed by atoms with Crippen molar-refractivity contribution in [2.24, 2.45) is 5.92 Å². The number of aliphatic carboxylic acids is 1. The van der Waals surface area contributed by atoms with Crippen LogP contribution in [0.25, 0.3) is 6.08 Å². The zero-order valence-electron chi connectivity index (χ0n) is 15.1. The first kappa shape index (κ1) is 19.9. The van der Waals surface area contributed by atoms with Gasteiger partial charge in [-0.15, -0.1) is 0 Å². The van der Waals surface area contributed by atoms with Crippen molar-refractivity contribution in [1.29, 1.82) is 0 Å². The van der Waals surface area contributed by atoms with Gasteiger partial charge in [-0.2, -0.15) is 0 Å². The minimum Gasteiger partial charge on any atom is -0.481 e. The first-order valence-corrected chi connectivity index (χ1v) is 9.73. The van der Waals surface area contributed by atoms with Crippen molar-refractivity contribution in [2.45, 2.75) is 19.3 Å². The number of furan rings is 1. The molecule has 0 unspecified atom stereocenters. The standard InChI is InChI=1S/C19H20N2O6S/c22-16(20-9-6-13(7-10-20)18(24)25)8-11-21-17(23)15(28-19(21)26)5-1-3-14-4-2-12-27-14/h1-5,12-13H,6-11H2,(H,24,25). The molecule has 0 atom stereocenters. The van der Waals surface area contributed by atoms with Gasteiger partial charge in [-0.1, -0.05) is 6.08 Å². The van der Waals surface area contributed by atoms with Crippen LogP contribution in [0.4, 0.5) is 4.79 Å². The molecule has 2 saturated heterocycles. The Kier molecular flexibility index (Phi) is 6.35.